The van der Waals surface area contributed by atoms with Gasteiger partial charge in [-0.3, -0.25) is 0 Å². The van der Waals surface area contributed by atoms with Gasteiger partial charge in [0.15, 0.2) is 0 Å². The SMILES string of the molecule is Nc1ccc(S(=O)(=O)NC(=O)NC2CCCCC2)cc1. The van der Waals surface area contributed by atoms with Crippen LogP contribution in [0.1, 0.15) is 32.1 Å². The van der Waals surface area contributed by atoms with E-state index in [0.717, 1.165) is 25.7 Å². The lowest BCUT2D eigenvalue weighted by Gasteiger charge is -2.22. The van der Waals surface area contributed by atoms with E-state index in [0.29, 0.717) is 5.69 Å². The van der Waals surface area contributed by atoms with Crippen LogP contribution in [0.15, 0.2) is 29.2 Å². The summed E-state index contributed by atoms with van der Waals surface area (Å²) >= 11 is 0. The topological polar surface area (TPSA) is 101 Å². The molecule has 110 valence electrons. The first-order valence-electron chi connectivity index (χ1n) is 6.66. The summed E-state index contributed by atoms with van der Waals surface area (Å²) in [5.74, 6) is 0. The van der Waals surface area contributed by atoms with Gasteiger partial charge in [0, 0.05) is 11.7 Å². The Morgan fingerprint density at radius 1 is 1.10 bits per heavy atom. The molecule has 1 aromatic rings. The quantitative estimate of drug-likeness (QED) is 0.737. The van der Waals surface area contributed by atoms with Crippen LogP contribution in [0.3, 0.4) is 0 Å². The summed E-state index contributed by atoms with van der Waals surface area (Å²) in [6, 6.07) is 5.08. The zero-order valence-corrected chi connectivity index (χ0v) is 11.9. The normalized spacial score (nSPS) is 16.6. The molecule has 1 aliphatic carbocycles. The van der Waals surface area contributed by atoms with Crippen molar-refractivity contribution in [2.24, 2.45) is 0 Å². The lowest BCUT2D eigenvalue weighted by Crippen LogP contribution is -2.45. The fourth-order valence-electron chi connectivity index (χ4n) is 2.29. The van der Waals surface area contributed by atoms with Gasteiger partial charge in [-0.1, -0.05) is 19.3 Å². The summed E-state index contributed by atoms with van der Waals surface area (Å²) in [6.07, 6.45) is 5.10. The molecule has 1 aliphatic rings. The van der Waals surface area contributed by atoms with E-state index in [-0.39, 0.29) is 10.9 Å². The molecule has 0 bridgehead atoms. The number of rotatable bonds is 3. The van der Waals surface area contributed by atoms with E-state index < -0.39 is 16.1 Å². The van der Waals surface area contributed by atoms with E-state index >= 15 is 0 Å². The molecule has 2 rings (SSSR count). The van der Waals surface area contributed by atoms with Crippen molar-refractivity contribution in [1.29, 1.82) is 0 Å². The minimum absolute atomic E-state index is 0.0190. The Labute approximate surface area is 118 Å². The van der Waals surface area contributed by atoms with Crippen molar-refractivity contribution >= 4 is 21.7 Å². The third-order valence-electron chi connectivity index (χ3n) is 3.36. The van der Waals surface area contributed by atoms with Crippen LogP contribution in [0.25, 0.3) is 0 Å². The molecule has 0 aromatic heterocycles. The molecule has 2 amide bonds. The van der Waals surface area contributed by atoms with E-state index in [1.54, 1.807) is 0 Å². The zero-order chi connectivity index (χ0) is 14.6. The smallest absolute Gasteiger partial charge is 0.328 e. The van der Waals surface area contributed by atoms with Gasteiger partial charge in [0.05, 0.1) is 4.90 Å². The minimum Gasteiger partial charge on any atom is -0.399 e. The molecule has 7 heteroatoms. The molecular weight excluding hydrogens is 278 g/mol. The van der Waals surface area contributed by atoms with Crippen molar-refractivity contribution < 1.29 is 13.2 Å². The predicted molar refractivity (Wildman–Crippen MR) is 76.6 cm³/mol. The highest BCUT2D eigenvalue weighted by Gasteiger charge is 2.20. The summed E-state index contributed by atoms with van der Waals surface area (Å²) in [6.45, 7) is 0. The highest BCUT2D eigenvalue weighted by atomic mass is 32.2. The van der Waals surface area contributed by atoms with Crippen molar-refractivity contribution in [3.05, 3.63) is 24.3 Å². The van der Waals surface area contributed by atoms with Gasteiger partial charge in [0.1, 0.15) is 0 Å². The van der Waals surface area contributed by atoms with Gasteiger partial charge in [-0.05, 0) is 37.1 Å². The van der Waals surface area contributed by atoms with Crippen LogP contribution in [-0.4, -0.2) is 20.5 Å². The van der Waals surface area contributed by atoms with Gasteiger partial charge in [-0.2, -0.15) is 0 Å². The van der Waals surface area contributed by atoms with E-state index in [9.17, 15) is 13.2 Å². The number of sulfonamides is 1. The fraction of sp³-hybridized carbons (Fsp3) is 0.462. The highest BCUT2D eigenvalue weighted by molar-refractivity contribution is 7.90. The maximum absolute atomic E-state index is 12.0. The van der Waals surface area contributed by atoms with Crippen molar-refractivity contribution in [2.45, 2.75) is 43.0 Å². The molecule has 0 unspecified atom stereocenters. The van der Waals surface area contributed by atoms with Crippen LogP contribution in [0.5, 0.6) is 0 Å². The number of anilines is 1. The lowest BCUT2D eigenvalue weighted by atomic mass is 9.96. The molecule has 0 heterocycles. The van der Waals surface area contributed by atoms with E-state index in [1.807, 2.05) is 4.72 Å². The number of nitrogens with two attached hydrogens (primary N) is 1. The molecule has 0 spiro atoms. The number of hydrogen-bond acceptors (Lipinski definition) is 4. The summed E-state index contributed by atoms with van der Waals surface area (Å²) in [5, 5.41) is 2.70. The first-order chi connectivity index (χ1) is 9.47. The first-order valence-corrected chi connectivity index (χ1v) is 8.14. The van der Waals surface area contributed by atoms with Crippen LogP contribution in [0.4, 0.5) is 10.5 Å². The fourth-order valence-corrected chi connectivity index (χ4v) is 3.20. The maximum Gasteiger partial charge on any atom is 0.328 e. The average Bonchev–Trinajstić information content (AvgIpc) is 2.39. The van der Waals surface area contributed by atoms with Crippen LogP contribution in [0, 0.1) is 0 Å². The van der Waals surface area contributed by atoms with E-state index in [2.05, 4.69) is 5.32 Å². The van der Waals surface area contributed by atoms with Crippen LogP contribution in [-0.2, 0) is 10.0 Å². The predicted octanol–water partition coefficient (Wildman–Crippen LogP) is 1.59. The van der Waals surface area contributed by atoms with E-state index in [1.165, 1.54) is 30.7 Å². The van der Waals surface area contributed by atoms with Gasteiger partial charge in [0.25, 0.3) is 10.0 Å². The molecular formula is C13H19N3O3S. The first kappa shape index (κ1) is 14.6. The zero-order valence-electron chi connectivity index (χ0n) is 11.1. The van der Waals surface area contributed by atoms with Crippen molar-refractivity contribution in [1.82, 2.24) is 10.0 Å². The Hall–Kier alpha value is -1.76. The number of benzene rings is 1. The van der Waals surface area contributed by atoms with Gasteiger partial charge in [-0.25, -0.2) is 17.9 Å². The molecule has 1 saturated carbocycles. The second-order valence-corrected chi connectivity index (χ2v) is 6.67. The Kier molecular flexibility index (Phi) is 4.49. The molecule has 6 nitrogen and oxygen atoms in total. The third-order valence-corrected chi connectivity index (χ3v) is 4.70. The van der Waals surface area contributed by atoms with Crippen LogP contribution < -0.4 is 15.8 Å². The molecule has 20 heavy (non-hydrogen) atoms. The molecule has 0 radical (unpaired) electrons. The second kappa shape index (κ2) is 6.13. The molecule has 4 N–H and O–H groups in total. The standard InChI is InChI=1S/C13H19N3O3S/c14-10-6-8-12(9-7-10)20(18,19)16-13(17)15-11-4-2-1-3-5-11/h6-9,11H,1-5,14H2,(H2,15,16,17). The number of amides is 2. The van der Waals surface area contributed by atoms with Crippen molar-refractivity contribution in [3.63, 3.8) is 0 Å². The summed E-state index contributed by atoms with van der Waals surface area (Å²) in [7, 11) is -3.84. The third kappa shape index (κ3) is 3.86. The Bertz CT molecular complexity index is 563. The molecule has 0 aliphatic heterocycles. The summed E-state index contributed by atoms with van der Waals surface area (Å²) in [4.78, 5) is 11.8. The van der Waals surface area contributed by atoms with Gasteiger partial charge < -0.3 is 11.1 Å². The van der Waals surface area contributed by atoms with Gasteiger partial charge in [0.2, 0.25) is 0 Å². The van der Waals surface area contributed by atoms with Gasteiger partial charge >= 0.3 is 6.03 Å². The second-order valence-electron chi connectivity index (χ2n) is 4.98. The summed E-state index contributed by atoms with van der Waals surface area (Å²) in [5.41, 5.74) is 5.97. The largest absolute Gasteiger partial charge is 0.399 e. The minimum atomic E-state index is -3.84. The maximum atomic E-state index is 12.0. The van der Waals surface area contributed by atoms with Crippen molar-refractivity contribution in [3.8, 4) is 0 Å². The summed E-state index contributed by atoms with van der Waals surface area (Å²) < 4.78 is 26.0. The number of urea groups is 1. The Morgan fingerprint density at radius 2 is 1.70 bits per heavy atom. The highest BCUT2D eigenvalue weighted by Crippen LogP contribution is 2.17. The molecule has 1 fully saturated rings. The van der Waals surface area contributed by atoms with E-state index in [4.69, 9.17) is 5.73 Å². The molecule has 0 saturated heterocycles. The number of nitrogens with one attached hydrogen (secondary N) is 2. The lowest BCUT2D eigenvalue weighted by molar-refractivity contribution is 0.237. The monoisotopic (exact) mass is 297 g/mol. The number of carbonyl (C=O) groups excluding carboxylic acids is 1. The van der Waals surface area contributed by atoms with Crippen LogP contribution >= 0.6 is 0 Å². The number of hydrogen-bond donors (Lipinski definition) is 3. The molecule has 0 atom stereocenters. The van der Waals surface area contributed by atoms with Crippen LogP contribution in [0.2, 0.25) is 0 Å². The van der Waals surface area contributed by atoms with Gasteiger partial charge in [-0.15, -0.1) is 0 Å². The Morgan fingerprint density at radius 3 is 2.30 bits per heavy atom. The van der Waals surface area contributed by atoms with Crippen molar-refractivity contribution in [2.75, 3.05) is 5.73 Å². The Balaban J connectivity index is 1.97. The number of nitrogen functional groups attached to an aromatic ring is 1. The number of carbonyl (C=O) groups is 1. The average molecular weight is 297 g/mol. The molecule has 1 aromatic carbocycles.